The number of para-hydroxylation sites is 2. The number of nitrogens with zero attached hydrogens (tertiary/aromatic N) is 4. The molecule has 0 unspecified atom stereocenters. The molecule has 0 spiro atoms. The van der Waals surface area contributed by atoms with Gasteiger partial charge in [-0.05, 0) is 31.2 Å². The quantitative estimate of drug-likeness (QED) is 0.407. The van der Waals surface area contributed by atoms with E-state index < -0.39 is 0 Å². The van der Waals surface area contributed by atoms with Crippen molar-refractivity contribution in [3.63, 3.8) is 0 Å². The number of fused-ring (bicyclic) bond motifs is 1. The van der Waals surface area contributed by atoms with Gasteiger partial charge in [-0.25, -0.2) is 4.68 Å². The van der Waals surface area contributed by atoms with E-state index in [1.165, 1.54) is 0 Å². The minimum absolute atomic E-state index is 0.0852. The molecule has 0 amide bonds. The summed E-state index contributed by atoms with van der Waals surface area (Å²) in [6.45, 7) is 2.46. The van der Waals surface area contributed by atoms with E-state index in [1.54, 1.807) is 11.6 Å². The van der Waals surface area contributed by atoms with Gasteiger partial charge < -0.3 is 4.74 Å². The number of ether oxygens (including phenoxy) is 1. The molecule has 7 nitrogen and oxygen atoms in total. The molecule has 0 aliphatic carbocycles. The molecule has 0 radical (unpaired) electrons. The molecule has 1 N–H and O–H groups in total. The average molecular weight is 337 g/mol. The van der Waals surface area contributed by atoms with Crippen molar-refractivity contribution in [1.29, 1.82) is 0 Å². The largest absolute Gasteiger partial charge is 0.466 e. The molecule has 0 saturated carbocycles. The first-order chi connectivity index (χ1) is 12.3. The smallest absolute Gasteiger partial charge is 0.311 e. The summed E-state index contributed by atoms with van der Waals surface area (Å²) in [5.74, 6) is -0.319. The van der Waals surface area contributed by atoms with Crippen LogP contribution in [0, 0.1) is 0 Å². The van der Waals surface area contributed by atoms with Crippen molar-refractivity contribution in [1.82, 2.24) is 15.0 Å². The summed E-state index contributed by atoms with van der Waals surface area (Å²) in [6.07, 6.45) is 0.0852. The summed E-state index contributed by atoms with van der Waals surface area (Å²) in [4.78, 5) is 11.9. The van der Waals surface area contributed by atoms with Crippen molar-refractivity contribution in [2.45, 2.75) is 19.9 Å². The van der Waals surface area contributed by atoms with Crippen LogP contribution in [0.1, 0.15) is 13.3 Å². The molecular weight excluding hydrogens is 318 g/mol. The van der Waals surface area contributed by atoms with Crippen LogP contribution in [-0.4, -0.2) is 33.3 Å². The Bertz CT molecular complexity index is 873. The number of hydrazone groups is 1. The molecule has 0 aliphatic heterocycles. The first kappa shape index (κ1) is 16.6. The Morgan fingerprint density at radius 3 is 2.72 bits per heavy atom. The van der Waals surface area contributed by atoms with Crippen LogP contribution in [0.3, 0.4) is 0 Å². The van der Waals surface area contributed by atoms with Gasteiger partial charge in [0.2, 0.25) is 0 Å². The van der Waals surface area contributed by atoms with E-state index in [9.17, 15) is 4.79 Å². The zero-order chi connectivity index (χ0) is 17.5. The van der Waals surface area contributed by atoms with Crippen molar-refractivity contribution in [2.75, 3.05) is 12.0 Å². The Kier molecular flexibility index (Phi) is 5.36. The lowest BCUT2D eigenvalue weighted by Gasteiger charge is -2.08. The average Bonchev–Trinajstić information content (AvgIpc) is 3.04. The number of carbonyl (C=O) groups is 1. The number of nitrogens with one attached hydrogen (secondary N) is 1. The Labute approximate surface area is 145 Å². The van der Waals surface area contributed by atoms with Crippen LogP contribution >= 0.6 is 0 Å². The lowest BCUT2D eigenvalue weighted by Crippen LogP contribution is -2.19. The molecule has 3 aromatic rings. The lowest BCUT2D eigenvalue weighted by molar-refractivity contribution is -0.141. The zero-order valence-corrected chi connectivity index (χ0v) is 13.9. The molecule has 0 bridgehead atoms. The first-order valence-corrected chi connectivity index (χ1v) is 8.06. The van der Waals surface area contributed by atoms with Crippen LogP contribution in [0.2, 0.25) is 0 Å². The third-order valence-electron chi connectivity index (χ3n) is 3.52. The van der Waals surface area contributed by atoms with Crippen LogP contribution < -0.4 is 5.43 Å². The van der Waals surface area contributed by atoms with Crippen LogP contribution in [0.25, 0.3) is 11.0 Å². The van der Waals surface area contributed by atoms with E-state index in [4.69, 9.17) is 4.74 Å². The zero-order valence-electron chi connectivity index (χ0n) is 13.9. The number of rotatable bonds is 7. The molecule has 7 heteroatoms. The van der Waals surface area contributed by atoms with Gasteiger partial charge >= 0.3 is 5.97 Å². The van der Waals surface area contributed by atoms with Gasteiger partial charge in [-0.2, -0.15) is 5.10 Å². The molecule has 128 valence electrons. The van der Waals surface area contributed by atoms with E-state index in [1.807, 2.05) is 54.6 Å². The van der Waals surface area contributed by atoms with Gasteiger partial charge in [-0.15, -0.1) is 5.10 Å². The summed E-state index contributed by atoms with van der Waals surface area (Å²) in [7, 11) is 0. The topological polar surface area (TPSA) is 81.4 Å². The second-order valence-electron chi connectivity index (χ2n) is 5.37. The van der Waals surface area contributed by atoms with Crippen molar-refractivity contribution in [3.8, 4) is 0 Å². The minimum Gasteiger partial charge on any atom is -0.466 e. The standard InChI is InChI=1S/C18H19N5O2/c1-2-25-18(24)12-15(20-19-14-8-4-3-5-9-14)13-23-17-11-7-6-10-16(17)21-22-23/h3-11,19H,2,12-13H2,1H3/b20-15-. The van der Waals surface area contributed by atoms with Gasteiger partial charge in [-0.3, -0.25) is 10.2 Å². The van der Waals surface area contributed by atoms with Crippen LogP contribution in [0.15, 0.2) is 59.7 Å². The molecule has 0 aliphatic rings. The highest BCUT2D eigenvalue weighted by atomic mass is 16.5. The van der Waals surface area contributed by atoms with Gasteiger partial charge in [0, 0.05) is 0 Å². The molecule has 0 saturated heterocycles. The molecule has 0 fully saturated rings. The summed E-state index contributed by atoms with van der Waals surface area (Å²) in [5, 5.41) is 12.7. The highest BCUT2D eigenvalue weighted by Crippen LogP contribution is 2.11. The highest BCUT2D eigenvalue weighted by Gasteiger charge is 2.12. The predicted molar refractivity (Wildman–Crippen MR) is 96.3 cm³/mol. The Balaban J connectivity index is 1.81. The molecular formula is C18H19N5O2. The maximum absolute atomic E-state index is 11.9. The van der Waals surface area contributed by atoms with Crippen molar-refractivity contribution in [2.24, 2.45) is 5.10 Å². The van der Waals surface area contributed by atoms with Crippen molar-refractivity contribution >= 4 is 28.4 Å². The Hall–Kier alpha value is -3.22. The van der Waals surface area contributed by atoms with Gasteiger partial charge in [0.1, 0.15) is 5.52 Å². The monoisotopic (exact) mass is 337 g/mol. The molecule has 2 aromatic carbocycles. The second kappa shape index (κ2) is 8.05. The van der Waals surface area contributed by atoms with E-state index in [0.29, 0.717) is 18.9 Å². The lowest BCUT2D eigenvalue weighted by atomic mass is 10.2. The summed E-state index contributed by atoms with van der Waals surface area (Å²) < 4.78 is 6.76. The van der Waals surface area contributed by atoms with Crippen LogP contribution in [0.5, 0.6) is 0 Å². The summed E-state index contributed by atoms with van der Waals surface area (Å²) >= 11 is 0. The summed E-state index contributed by atoms with van der Waals surface area (Å²) in [6, 6.07) is 17.2. The number of hydrogen-bond acceptors (Lipinski definition) is 6. The Morgan fingerprint density at radius 2 is 1.92 bits per heavy atom. The number of esters is 1. The SMILES string of the molecule is CCOC(=O)C/C(Cn1nnc2ccccc21)=N/Nc1ccccc1. The maximum Gasteiger partial charge on any atom is 0.311 e. The van der Waals surface area contributed by atoms with E-state index >= 15 is 0 Å². The van der Waals surface area contributed by atoms with E-state index in [2.05, 4.69) is 20.8 Å². The normalized spacial score (nSPS) is 11.5. The summed E-state index contributed by atoms with van der Waals surface area (Å²) in [5.41, 5.74) is 6.11. The third-order valence-corrected chi connectivity index (χ3v) is 3.52. The van der Waals surface area contributed by atoms with Crippen molar-refractivity contribution < 1.29 is 9.53 Å². The maximum atomic E-state index is 11.9. The molecule has 1 aromatic heterocycles. The fourth-order valence-electron chi connectivity index (χ4n) is 2.37. The number of benzene rings is 2. The van der Waals surface area contributed by atoms with Crippen LogP contribution in [-0.2, 0) is 16.1 Å². The number of hydrogen-bond donors (Lipinski definition) is 1. The van der Waals surface area contributed by atoms with E-state index in [0.717, 1.165) is 16.7 Å². The fraction of sp³-hybridized carbons (Fsp3) is 0.222. The van der Waals surface area contributed by atoms with Gasteiger partial charge in [0.25, 0.3) is 0 Å². The second-order valence-corrected chi connectivity index (χ2v) is 5.37. The van der Waals surface area contributed by atoms with Crippen molar-refractivity contribution in [3.05, 3.63) is 54.6 Å². The molecule has 3 rings (SSSR count). The predicted octanol–water partition coefficient (Wildman–Crippen LogP) is 2.85. The van der Waals surface area contributed by atoms with E-state index in [-0.39, 0.29) is 12.4 Å². The Morgan fingerprint density at radius 1 is 1.16 bits per heavy atom. The minimum atomic E-state index is -0.319. The van der Waals surface area contributed by atoms with Crippen LogP contribution in [0.4, 0.5) is 5.69 Å². The number of anilines is 1. The van der Waals surface area contributed by atoms with Gasteiger partial charge in [0.15, 0.2) is 0 Å². The highest BCUT2D eigenvalue weighted by molar-refractivity contribution is 5.99. The fourth-order valence-corrected chi connectivity index (χ4v) is 2.37. The molecule has 1 heterocycles. The first-order valence-electron chi connectivity index (χ1n) is 8.06. The molecule has 0 atom stereocenters. The van der Waals surface area contributed by atoms with Gasteiger partial charge in [0.05, 0.1) is 36.5 Å². The third kappa shape index (κ3) is 4.41. The molecule has 25 heavy (non-hydrogen) atoms. The number of carbonyl (C=O) groups excluding carboxylic acids is 1. The number of aromatic nitrogens is 3. The van der Waals surface area contributed by atoms with Gasteiger partial charge in [-0.1, -0.05) is 35.5 Å².